The summed E-state index contributed by atoms with van der Waals surface area (Å²) in [5.41, 5.74) is 5.40. The van der Waals surface area contributed by atoms with E-state index in [-0.39, 0.29) is 5.41 Å². The Kier molecular flexibility index (Phi) is 4.64. The van der Waals surface area contributed by atoms with Gasteiger partial charge in [0.15, 0.2) is 0 Å². The van der Waals surface area contributed by atoms with Gasteiger partial charge in [-0.05, 0) is 34.9 Å². The van der Waals surface area contributed by atoms with Crippen LogP contribution in [0.15, 0.2) is 72.8 Å². The van der Waals surface area contributed by atoms with Crippen molar-refractivity contribution in [3.8, 4) is 11.5 Å². The standard InChI is InChI=1S/C25H26N2O2/c1-28-21-9-7-19(8-10-21)14-27-17-25(18-27)16-26-24-13-22(11-12-23(24)25)29-15-20-5-3-2-4-6-20/h2-13,26H,14-18H2,1H3. The Bertz CT molecular complexity index is 979. The van der Waals surface area contributed by atoms with Crippen LogP contribution in [-0.2, 0) is 18.6 Å². The normalized spacial score (nSPS) is 16.7. The molecule has 0 aliphatic carbocycles. The van der Waals surface area contributed by atoms with Gasteiger partial charge in [0.25, 0.3) is 0 Å². The van der Waals surface area contributed by atoms with Gasteiger partial charge in [-0.15, -0.1) is 0 Å². The molecule has 3 aromatic rings. The molecule has 0 bridgehead atoms. The van der Waals surface area contributed by atoms with Gasteiger partial charge in [0.2, 0.25) is 0 Å². The number of methoxy groups -OCH3 is 1. The third kappa shape index (κ3) is 3.56. The highest BCUT2D eigenvalue weighted by Gasteiger charge is 2.48. The van der Waals surface area contributed by atoms with Gasteiger partial charge in [-0.2, -0.15) is 0 Å². The van der Waals surface area contributed by atoms with E-state index in [2.05, 4.69) is 52.7 Å². The Morgan fingerprint density at radius 2 is 1.66 bits per heavy atom. The number of nitrogens with zero attached hydrogens (tertiary/aromatic N) is 1. The van der Waals surface area contributed by atoms with Crippen molar-refractivity contribution in [2.24, 2.45) is 0 Å². The number of benzene rings is 3. The fraction of sp³-hybridized carbons (Fsp3) is 0.280. The molecule has 29 heavy (non-hydrogen) atoms. The number of fused-ring (bicyclic) bond motifs is 2. The molecule has 3 aromatic carbocycles. The molecule has 2 heterocycles. The minimum absolute atomic E-state index is 0.236. The molecule has 0 unspecified atom stereocenters. The molecule has 2 aliphatic heterocycles. The van der Waals surface area contributed by atoms with Crippen LogP contribution < -0.4 is 14.8 Å². The minimum atomic E-state index is 0.236. The van der Waals surface area contributed by atoms with Crippen LogP contribution in [0.3, 0.4) is 0 Å². The third-order valence-electron chi connectivity index (χ3n) is 6.05. The average molecular weight is 386 g/mol. The second-order valence-electron chi connectivity index (χ2n) is 8.11. The summed E-state index contributed by atoms with van der Waals surface area (Å²) in [5.74, 6) is 1.83. The molecule has 0 amide bonds. The lowest BCUT2D eigenvalue weighted by molar-refractivity contribution is 0.0709. The van der Waals surface area contributed by atoms with Crippen LogP contribution in [0.2, 0.25) is 0 Å². The molecule has 1 N–H and O–H groups in total. The topological polar surface area (TPSA) is 33.7 Å². The van der Waals surface area contributed by atoms with E-state index in [1.165, 1.54) is 22.4 Å². The Hall–Kier alpha value is -2.98. The van der Waals surface area contributed by atoms with Gasteiger partial charge in [-0.1, -0.05) is 48.5 Å². The van der Waals surface area contributed by atoms with E-state index in [9.17, 15) is 0 Å². The van der Waals surface area contributed by atoms with Crippen molar-refractivity contribution in [1.29, 1.82) is 0 Å². The molecule has 148 valence electrons. The largest absolute Gasteiger partial charge is 0.497 e. The molecule has 0 radical (unpaired) electrons. The molecule has 4 nitrogen and oxygen atoms in total. The molecule has 0 atom stereocenters. The van der Waals surface area contributed by atoms with Crippen molar-refractivity contribution < 1.29 is 9.47 Å². The van der Waals surface area contributed by atoms with Crippen LogP contribution in [0.25, 0.3) is 0 Å². The summed E-state index contributed by atoms with van der Waals surface area (Å²) in [6, 6.07) is 25.2. The Morgan fingerprint density at radius 3 is 2.41 bits per heavy atom. The van der Waals surface area contributed by atoms with Crippen molar-refractivity contribution in [2.45, 2.75) is 18.6 Å². The molecule has 1 spiro atoms. The van der Waals surface area contributed by atoms with Gasteiger partial charge in [0.05, 0.1) is 7.11 Å². The molecular formula is C25H26N2O2. The van der Waals surface area contributed by atoms with E-state index < -0.39 is 0 Å². The second-order valence-corrected chi connectivity index (χ2v) is 8.11. The van der Waals surface area contributed by atoms with Crippen molar-refractivity contribution in [1.82, 2.24) is 4.90 Å². The summed E-state index contributed by atoms with van der Waals surface area (Å²) >= 11 is 0. The lowest BCUT2D eigenvalue weighted by Gasteiger charge is -2.48. The summed E-state index contributed by atoms with van der Waals surface area (Å²) in [7, 11) is 1.71. The van der Waals surface area contributed by atoms with Gasteiger partial charge in [0, 0.05) is 43.3 Å². The predicted octanol–water partition coefficient (Wildman–Crippen LogP) is 4.45. The van der Waals surface area contributed by atoms with E-state index in [1.807, 2.05) is 30.3 Å². The zero-order valence-electron chi connectivity index (χ0n) is 16.7. The Morgan fingerprint density at radius 1 is 0.897 bits per heavy atom. The van der Waals surface area contributed by atoms with E-state index in [4.69, 9.17) is 9.47 Å². The van der Waals surface area contributed by atoms with E-state index >= 15 is 0 Å². The van der Waals surface area contributed by atoms with Gasteiger partial charge in [0.1, 0.15) is 18.1 Å². The fourth-order valence-corrected chi connectivity index (χ4v) is 4.52. The highest BCUT2D eigenvalue weighted by molar-refractivity contribution is 5.64. The highest BCUT2D eigenvalue weighted by atomic mass is 16.5. The number of ether oxygens (including phenoxy) is 2. The molecule has 5 rings (SSSR count). The SMILES string of the molecule is COc1ccc(CN2CC3(CNc4cc(OCc5ccccc5)ccc43)C2)cc1. The molecule has 0 aromatic heterocycles. The molecular weight excluding hydrogens is 360 g/mol. The van der Waals surface area contributed by atoms with Crippen molar-refractivity contribution >= 4 is 5.69 Å². The Balaban J connectivity index is 1.21. The average Bonchev–Trinajstić information content (AvgIpc) is 3.12. The molecule has 0 saturated carbocycles. The van der Waals surface area contributed by atoms with Crippen LogP contribution >= 0.6 is 0 Å². The number of nitrogens with one attached hydrogen (secondary N) is 1. The third-order valence-corrected chi connectivity index (χ3v) is 6.05. The summed E-state index contributed by atoms with van der Waals surface area (Å²) in [6.45, 7) is 4.76. The fourth-order valence-electron chi connectivity index (χ4n) is 4.52. The molecule has 2 aliphatic rings. The van der Waals surface area contributed by atoms with E-state index in [1.54, 1.807) is 7.11 Å². The number of hydrogen-bond acceptors (Lipinski definition) is 4. The van der Waals surface area contributed by atoms with Gasteiger partial charge < -0.3 is 14.8 Å². The minimum Gasteiger partial charge on any atom is -0.497 e. The van der Waals surface area contributed by atoms with Crippen LogP contribution in [-0.4, -0.2) is 31.6 Å². The monoisotopic (exact) mass is 386 g/mol. The van der Waals surface area contributed by atoms with Crippen LogP contribution in [0.1, 0.15) is 16.7 Å². The van der Waals surface area contributed by atoms with Gasteiger partial charge in [-0.3, -0.25) is 4.90 Å². The summed E-state index contributed by atoms with van der Waals surface area (Å²) in [5, 5.41) is 3.61. The maximum atomic E-state index is 6.00. The zero-order valence-corrected chi connectivity index (χ0v) is 16.7. The summed E-state index contributed by atoms with van der Waals surface area (Å²) < 4.78 is 11.2. The highest BCUT2D eigenvalue weighted by Crippen LogP contribution is 2.45. The van der Waals surface area contributed by atoms with Crippen LogP contribution in [0.4, 0.5) is 5.69 Å². The number of anilines is 1. The Labute approximate surface area is 172 Å². The first-order valence-electron chi connectivity index (χ1n) is 10.1. The maximum Gasteiger partial charge on any atom is 0.121 e. The van der Waals surface area contributed by atoms with E-state index in [0.717, 1.165) is 37.7 Å². The smallest absolute Gasteiger partial charge is 0.121 e. The zero-order chi connectivity index (χ0) is 19.7. The van der Waals surface area contributed by atoms with E-state index in [0.29, 0.717) is 6.61 Å². The van der Waals surface area contributed by atoms with Crippen molar-refractivity contribution in [2.75, 3.05) is 32.1 Å². The van der Waals surface area contributed by atoms with Crippen molar-refractivity contribution in [3.05, 3.63) is 89.5 Å². The van der Waals surface area contributed by atoms with Gasteiger partial charge >= 0.3 is 0 Å². The van der Waals surface area contributed by atoms with Gasteiger partial charge in [-0.25, -0.2) is 0 Å². The summed E-state index contributed by atoms with van der Waals surface area (Å²) in [4.78, 5) is 2.51. The van der Waals surface area contributed by atoms with Crippen LogP contribution in [0.5, 0.6) is 11.5 Å². The number of likely N-dealkylation sites (tertiary alicyclic amines) is 1. The second kappa shape index (κ2) is 7.45. The molecule has 1 fully saturated rings. The maximum absolute atomic E-state index is 6.00. The first-order chi connectivity index (χ1) is 14.2. The number of rotatable bonds is 6. The van der Waals surface area contributed by atoms with Crippen molar-refractivity contribution in [3.63, 3.8) is 0 Å². The summed E-state index contributed by atoms with van der Waals surface area (Å²) in [6.07, 6.45) is 0. The first-order valence-corrected chi connectivity index (χ1v) is 10.1. The lowest BCUT2D eigenvalue weighted by atomic mass is 9.75. The quantitative estimate of drug-likeness (QED) is 0.678. The number of hydrogen-bond donors (Lipinski definition) is 1. The van der Waals surface area contributed by atoms with Crippen LogP contribution in [0, 0.1) is 0 Å². The lowest BCUT2D eigenvalue weighted by Crippen LogP contribution is -2.59. The first kappa shape index (κ1) is 18.1. The molecule has 1 saturated heterocycles. The molecule has 4 heteroatoms. The predicted molar refractivity (Wildman–Crippen MR) is 116 cm³/mol.